The Balaban J connectivity index is 0.000000217. The van der Waals surface area contributed by atoms with Crippen molar-refractivity contribution in [3.63, 3.8) is 0 Å². The number of fused-ring (bicyclic) bond motifs is 1. The van der Waals surface area contributed by atoms with E-state index in [0.29, 0.717) is 0 Å². The average molecular weight is 689 g/mol. The number of halogens is 2. The van der Waals surface area contributed by atoms with Crippen LogP contribution in [0, 0.1) is 6.92 Å². The molecular formula is C37H40Cl2NSiZr. The van der Waals surface area contributed by atoms with Crippen LogP contribution in [0.25, 0.3) is 32.8 Å². The Morgan fingerprint density at radius 1 is 0.833 bits per heavy atom. The van der Waals surface area contributed by atoms with Gasteiger partial charge in [-0.25, -0.2) is 0 Å². The number of benzene rings is 3. The van der Waals surface area contributed by atoms with E-state index in [1.54, 1.807) is 16.3 Å². The molecule has 0 amide bonds. The van der Waals surface area contributed by atoms with Crippen LogP contribution in [0.4, 0.5) is 0 Å². The van der Waals surface area contributed by atoms with Gasteiger partial charge in [-0.1, -0.05) is 99.5 Å². The summed E-state index contributed by atoms with van der Waals surface area (Å²) in [5.74, 6) is 0. The number of hydrogen-bond donors (Lipinski definition) is 0. The molecule has 4 aromatic carbocycles. The summed E-state index contributed by atoms with van der Waals surface area (Å²) in [7, 11) is -1.17. The Labute approximate surface area is 284 Å². The van der Waals surface area contributed by atoms with Gasteiger partial charge in [-0.15, -0.1) is 34.5 Å². The average Bonchev–Trinajstić information content (AvgIpc) is 3.65. The second-order valence-electron chi connectivity index (χ2n) is 12.0. The van der Waals surface area contributed by atoms with Crippen LogP contribution in [-0.4, -0.2) is 12.6 Å². The first-order valence-corrected chi connectivity index (χ1v) is 17.7. The van der Waals surface area contributed by atoms with Crippen molar-refractivity contribution in [2.75, 3.05) is 0 Å². The van der Waals surface area contributed by atoms with Crippen LogP contribution in [0.3, 0.4) is 0 Å². The molecular weight excluding hydrogens is 649 g/mol. The maximum Gasteiger partial charge on any atom is 3.00 e. The van der Waals surface area contributed by atoms with E-state index in [-0.39, 0.29) is 51.0 Å². The molecule has 3 aliphatic rings. The molecule has 0 saturated carbocycles. The van der Waals surface area contributed by atoms with Crippen LogP contribution in [-0.2, 0) is 32.6 Å². The van der Waals surface area contributed by atoms with Crippen molar-refractivity contribution in [2.24, 2.45) is 0 Å². The Kier molecular flexibility index (Phi) is 11.6. The molecule has 1 aromatic heterocycles. The van der Waals surface area contributed by atoms with Gasteiger partial charge >= 0.3 is 26.2 Å². The molecule has 42 heavy (non-hydrogen) atoms. The normalized spacial score (nSPS) is 15.4. The fourth-order valence-corrected chi connectivity index (χ4v) is 11.5. The van der Waals surface area contributed by atoms with Crippen molar-refractivity contribution in [3.8, 4) is 16.8 Å². The van der Waals surface area contributed by atoms with Gasteiger partial charge in [0.15, 0.2) is 0 Å². The largest absolute Gasteiger partial charge is 3.00 e. The van der Waals surface area contributed by atoms with Crippen molar-refractivity contribution < 1.29 is 51.0 Å². The number of unbranched alkanes of at least 4 members (excludes halogenated alkanes) is 2. The molecule has 215 valence electrons. The maximum absolute atomic E-state index is 2.51. The molecule has 1 aliphatic carbocycles. The Hall–Kier alpha value is -2.03. The van der Waals surface area contributed by atoms with Crippen LogP contribution in [0.1, 0.15) is 61.0 Å². The van der Waals surface area contributed by atoms with E-state index < -0.39 is 8.07 Å². The molecule has 0 N–H and O–H groups in total. The number of allylic oxidation sites excluding steroid dienone is 1. The summed E-state index contributed by atoms with van der Waals surface area (Å²) in [6.45, 7) is 11.8. The monoisotopic (exact) mass is 686 g/mol. The molecule has 1 radical (unpaired) electrons. The smallest absolute Gasteiger partial charge is 1.00 e. The molecule has 1 unspecified atom stereocenters. The number of hydrogen-bond acceptors (Lipinski definition) is 0. The van der Waals surface area contributed by atoms with Gasteiger partial charge in [-0.2, -0.15) is 6.07 Å². The molecule has 5 aromatic rings. The van der Waals surface area contributed by atoms with E-state index in [1.165, 1.54) is 70.1 Å². The van der Waals surface area contributed by atoms with Crippen LogP contribution >= 0.6 is 0 Å². The minimum Gasteiger partial charge on any atom is -1.00 e. The van der Waals surface area contributed by atoms with Crippen LogP contribution in [0.5, 0.6) is 0 Å². The summed E-state index contributed by atoms with van der Waals surface area (Å²) in [5, 5.41) is 4.42. The van der Waals surface area contributed by atoms with Crippen molar-refractivity contribution in [3.05, 3.63) is 125 Å². The molecule has 1 nitrogen and oxygen atoms in total. The van der Waals surface area contributed by atoms with E-state index in [1.807, 2.05) is 0 Å². The van der Waals surface area contributed by atoms with Crippen LogP contribution in [0.2, 0.25) is 13.1 Å². The minimum atomic E-state index is -1.17. The van der Waals surface area contributed by atoms with Gasteiger partial charge < -0.3 is 29.4 Å². The van der Waals surface area contributed by atoms with Gasteiger partial charge in [0.05, 0.1) is 8.07 Å². The Bertz CT molecular complexity index is 1660. The fraction of sp³-hybridized carbons (Fsp3) is 0.270. The predicted octanol–water partition coefficient (Wildman–Crippen LogP) is 4.42. The van der Waals surface area contributed by atoms with E-state index >= 15 is 0 Å². The molecule has 2 bridgehead atoms. The van der Waals surface area contributed by atoms with Gasteiger partial charge in [0.1, 0.15) is 0 Å². The van der Waals surface area contributed by atoms with Crippen LogP contribution < -0.4 is 24.8 Å². The molecule has 8 rings (SSSR count). The van der Waals surface area contributed by atoms with Crippen molar-refractivity contribution in [1.29, 1.82) is 0 Å². The number of aromatic nitrogens is 1. The Morgan fingerprint density at radius 2 is 1.55 bits per heavy atom. The first kappa shape index (κ1) is 34.5. The first-order chi connectivity index (χ1) is 18.9. The van der Waals surface area contributed by atoms with E-state index in [9.17, 15) is 0 Å². The summed E-state index contributed by atoms with van der Waals surface area (Å²) in [6, 6.07) is 33.3. The zero-order chi connectivity index (χ0) is 27.1. The minimum absolute atomic E-state index is 0. The molecule has 0 spiro atoms. The first-order valence-electron chi connectivity index (χ1n) is 14.6. The molecule has 5 heteroatoms. The van der Waals surface area contributed by atoms with Gasteiger partial charge in [0.25, 0.3) is 0 Å². The van der Waals surface area contributed by atoms with Gasteiger partial charge in [-0.05, 0) is 59.9 Å². The standard InChI is InChI=1S/C21H23.C16H17NSi.2ClH.Zr/c1-3-4-5-7-17-10-12-18(13-11-17)20-9-6-8-19-14-16(2)15-21(19)20;1-11-15-13-9-10-17(12-7-5-4-6-8-12)14(13)16(11)18(15,2)3;;;/h6,8-15H,3-5,7H2,1-2H3;4-10,15H,1-3H3;2*1H;/q-1;;;;+3/p-2. The quantitative estimate of drug-likeness (QED) is 0.142. The third kappa shape index (κ3) is 6.14. The van der Waals surface area contributed by atoms with Crippen molar-refractivity contribution in [2.45, 2.75) is 65.1 Å². The topological polar surface area (TPSA) is 4.93 Å². The summed E-state index contributed by atoms with van der Waals surface area (Å²) in [4.78, 5) is 0. The zero-order valence-electron chi connectivity index (χ0n) is 25.3. The number of aryl methyl sites for hydroxylation is 2. The third-order valence-electron chi connectivity index (χ3n) is 8.92. The molecule has 0 saturated heterocycles. The Morgan fingerprint density at radius 3 is 2.21 bits per heavy atom. The molecule has 2 aliphatic heterocycles. The van der Waals surface area contributed by atoms with Crippen molar-refractivity contribution in [1.82, 2.24) is 4.57 Å². The fourth-order valence-electron chi connectivity index (χ4n) is 7.19. The van der Waals surface area contributed by atoms with Gasteiger partial charge in [0, 0.05) is 23.1 Å². The second-order valence-corrected chi connectivity index (χ2v) is 16.6. The third-order valence-corrected chi connectivity index (χ3v) is 13.0. The number of nitrogens with zero attached hydrogens (tertiary/aromatic N) is 1. The number of rotatable bonds is 6. The SMILES string of the molecule is CC1=C2c3c(ccn3-c3ccccc3)C1[Si]2(C)C.CCCCCc1ccc(-c2cccc3[cH-]c(C)cc23)cc1.[Cl-].[Cl-].[Zr+3]. The summed E-state index contributed by atoms with van der Waals surface area (Å²) < 4.78 is 2.38. The van der Waals surface area contributed by atoms with E-state index in [4.69, 9.17) is 0 Å². The van der Waals surface area contributed by atoms with E-state index in [2.05, 4.69) is 136 Å². The number of para-hydroxylation sites is 1. The summed E-state index contributed by atoms with van der Waals surface area (Å²) in [5.41, 5.74) is 12.3. The summed E-state index contributed by atoms with van der Waals surface area (Å²) in [6.07, 6.45) is 7.36. The van der Waals surface area contributed by atoms with Crippen LogP contribution in [0.15, 0.2) is 103 Å². The van der Waals surface area contributed by atoms with Gasteiger partial charge in [-0.3, -0.25) is 0 Å². The van der Waals surface area contributed by atoms with E-state index in [0.717, 1.165) is 5.54 Å². The molecule has 0 fully saturated rings. The molecule has 1 atom stereocenters. The molecule has 3 heterocycles. The van der Waals surface area contributed by atoms with Gasteiger partial charge in [0.2, 0.25) is 0 Å². The summed E-state index contributed by atoms with van der Waals surface area (Å²) >= 11 is 0. The maximum atomic E-state index is 2.51. The predicted molar refractivity (Wildman–Crippen MR) is 172 cm³/mol. The zero-order valence-corrected chi connectivity index (χ0v) is 30.3. The second kappa shape index (κ2) is 14.2. The van der Waals surface area contributed by atoms with Crippen molar-refractivity contribution >= 4 is 24.0 Å².